The van der Waals surface area contributed by atoms with Gasteiger partial charge in [-0.2, -0.15) is 0 Å². The minimum absolute atomic E-state index is 0.0282. The summed E-state index contributed by atoms with van der Waals surface area (Å²) in [6, 6.07) is 3.22. The molecule has 90 valence electrons. The number of hydrogen-bond acceptors (Lipinski definition) is 2. The van der Waals surface area contributed by atoms with E-state index in [9.17, 15) is 14.0 Å². The van der Waals surface area contributed by atoms with Crippen molar-refractivity contribution in [2.45, 2.75) is 25.7 Å². The Bertz CT molecular complexity index is 502. The van der Waals surface area contributed by atoms with E-state index in [0.29, 0.717) is 17.5 Å². The summed E-state index contributed by atoms with van der Waals surface area (Å²) in [5.41, 5.74) is 0.880. The van der Waals surface area contributed by atoms with Gasteiger partial charge >= 0.3 is 0 Å². The van der Waals surface area contributed by atoms with Crippen molar-refractivity contribution in [1.82, 2.24) is 5.32 Å². The van der Waals surface area contributed by atoms with Gasteiger partial charge in [0, 0.05) is 6.42 Å². The lowest BCUT2D eigenvalue weighted by atomic mass is 9.90. The smallest absolute Gasteiger partial charge is 0.234 e. The zero-order chi connectivity index (χ0) is 12.6. The fourth-order valence-electron chi connectivity index (χ4n) is 1.92. The largest absolute Gasteiger partial charge is 0.296 e. The Balaban J connectivity index is 2.38. The van der Waals surface area contributed by atoms with E-state index in [1.165, 1.54) is 0 Å². The van der Waals surface area contributed by atoms with Crippen molar-refractivity contribution in [3.8, 4) is 0 Å². The quantitative estimate of drug-likeness (QED) is 0.783. The Morgan fingerprint density at radius 1 is 1.41 bits per heavy atom. The van der Waals surface area contributed by atoms with Gasteiger partial charge in [-0.25, -0.2) is 4.39 Å². The van der Waals surface area contributed by atoms with Crippen molar-refractivity contribution in [3.63, 3.8) is 0 Å². The highest BCUT2D eigenvalue weighted by atomic mass is 35.5. The van der Waals surface area contributed by atoms with Crippen LogP contribution in [0.4, 0.5) is 4.39 Å². The summed E-state index contributed by atoms with van der Waals surface area (Å²) in [5, 5.41) is 2.20. The molecule has 0 bridgehead atoms. The molecule has 0 aliphatic carbocycles. The molecule has 0 saturated carbocycles. The Labute approximate surface area is 103 Å². The fraction of sp³-hybridized carbons (Fsp3) is 0.333. The second-order valence-corrected chi connectivity index (χ2v) is 4.48. The Morgan fingerprint density at radius 3 is 2.76 bits per heavy atom. The molecule has 17 heavy (non-hydrogen) atoms. The Hall–Kier alpha value is -1.42. The van der Waals surface area contributed by atoms with Crippen molar-refractivity contribution >= 4 is 23.4 Å². The molecule has 2 amide bonds. The molecule has 0 spiro atoms. The third-order valence-electron chi connectivity index (χ3n) is 2.92. The highest BCUT2D eigenvalue weighted by Crippen LogP contribution is 2.33. The molecular weight excluding hydrogens is 245 g/mol. The molecule has 1 saturated heterocycles. The van der Waals surface area contributed by atoms with E-state index in [-0.39, 0.29) is 17.4 Å². The van der Waals surface area contributed by atoms with Crippen molar-refractivity contribution in [2.24, 2.45) is 0 Å². The number of carbonyl (C=O) groups is 2. The average molecular weight is 256 g/mol. The molecule has 1 atom stereocenters. The van der Waals surface area contributed by atoms with E-state index in [1.807, 2.05) is 0 Å². The molecule has 1 aromatic rings. The van der Waals surface area contributed by atoms with Gasteiger partial charge in [-0.05, 0) is 24.5 Å². The molecule has 3 nitrogen and oxygen atoms in total. The molecule has 1 aromatic carbocycles. The summed E-state index contributed by atoms with van der Waals surface area (Å²) in [4.78, 5) is 22.7. The number of halogens is 2. The maximum absolute atomic E-state index is 13.6. The van der Waals surface area contributed by atoms with Gasteiger partial charge in [0.05, 0.1) is 10.9 Å². The number of benzene rings is 1. The summed E-state index contributed by atoms with van der Waals surface area (Å²) in [6.07, 6.45) is 0.620. The van der Waals surface area contributed by atoms with Crippen LogP contribution in [0.25, 0.3) is 0 Å². The maximum Gasteiger partial charge on any atom is 0.234 e. The highest BCUT2D eigenvalue weighted by Gasteiger charge is 2.30. The maximum atomic E-state index is 13.6. The van der Waals surface area contributed by atoms with E-state index >= 15 is 0 Å². The van der Waals surface area contributed by atoms with Crippen molar-refractivity contribution in [3.05, 3.63) is 34.1 Å². The Kier molecular flexibility index (Phi) is 3.15. The first-order chi connectivity index (χ1) is 8.00. The number of amides is 2. The fourth-order valence-corrected chi connectivity index (χ4v) is 2.26. The third kappa shape index (κ3) is 2.17. The standard InChI is InChI=1S/C12H11ClFNO2/c1-6-2-3-7(10(13)11(6)14)8-4-5-9(16)15-12(8)17/h2-3,8H,4-5H2,1H3,(H,15,16,17). The van der Waals surface area contributed by atoms with Crippen molar-refractivity contribution in [1.29, 1.82) is 0 Å². The lowest BCUT2D eigenvalue weighted by Gasteiger charge is -2.22. The lowest BCUT2D eigenvalue weighted by Crippen LogP contribution is -2.39. The summed E-state index contributed by atoms with van der Waals surface area (Å²) < 4.78 is 13.6. The van der Waals surface area contributed by atoms with E-state index in [0.717, 1.165) is 0 Å². The molecular formula is C12H11ClFNO2. The highest BCUT2D eigenvalue weighted by molar-refractivity contribution is 6.32. The molecule has 1 fully saturated rings. The van der Waals surface area contributed by atoms with E-state index in [1.54, 1.807) is 19.1 Å². The average Bonchev–Trinajstić information content (AvgIpc) is 2.28. The summed E-state index contributed by atoms with van der Waals surface area (Å²) in [7, 11) is 0. The Morgan fingerprint density at radius 2 is 2.12 bits per heavy atom. The normalized spacial score (nSPS) is 20.3. The van der Waals surface area contributed by atoms with Gasteiger partial charge < -0.3 is 0 Å². The van der Waals surface area contributed by atoms with Crippen LogP contribution in [-0.2, 0) is 9.59 Å². The lowest BCUT2D eigenvalue weighted by molar-refractivity contribution is -0.134. The first-order valence-electron chi connectivity index (χ1n) is 5.29. The molecule has 1 N–H and O–H groups in total. The zero-order valence-corrected chi connectivity index (χ0v) is 9.97. The number of hydrogen-bond donors (Lipinski definition) is 1. The monoisotopic (exact) mass is 255 g/mol. The van der Waals surface area contributed by atoms with Crippen LogP contribution in [0.15, 0.2) is 12.1 Å². The number of piperidine rings is 1. The van der Waals surface area contributed by atoms with Crippen molar-refractivity contribution in [2.75, 3.05) is 0 Å². The topological polar surface area (TPSA) is 46.2 Å². The molecule has 1 aliphatic rings. The predicted molar refractivity (Wildman–Crippen MR) is 61.3 cm³/mol. The number of aryl methyl sites for hydroxylation is 1. The van der Waals surface area contributed by atoms with Crippen LogP contribution < -0.4 is 5.32 Å². The second-order valence-electron chi connectivity index (χ2n) is 4.10. The van der Waals surface area contributed by atoms with Gasteiger partial charge in [0.1, 0.15) is 5.82 Å². The van der Waals surface area contributed by atoms with Crippen LogP contribution in [0.5, 0.6) is 0 Å². The number of imide groups is 1. The summed E-state index contributed by atoms with van der Waals surface area (Å²) in [6.45, 7) is 1.61. The van der Waals surface area contributed by atoms with Gasteiger partial charge in [-0.3, -0.25) is 14.9 Å². The number of nitrogens with one attached hydrogen (secondary N) is 1. The third-order valence-corrected chi connectivity index (χ3v) is 3.30. The van der Waals surface area contributed by atoms with E-state index in [4.69, 9.17) is 11.6 Å². The molecule has 2 rings (SSSR count). The summed E-state index contributed by atoms with van der Waals surface area (Å²) >= 11 is 5.89. The van der Waals surface area contributed by atoms with Crippen LogP contribution in [-0.4, -0.2) is 11.8 Å². The van der Waals surface area contributed by atoms with E-state index < -0.39 is 17.6 Å². The predicted octanol–water partition coefficient (Wildman–Crippen LogP) is 2.31. The van der Waals surface area contributed by atoms with Crippen LogP contribution in [0.1, 0.15) is 29.9 Å². The molecule has 1 aliphatic heterocycles. The second kappa shape index (κ2) is 4.45. The zero-order valence-electron chi connectivity index (χ0n) is 9.22. The van der Waals surface area contributed by atoms with Gasteiger partial charge in [0.2, 0.25) is 11.8 Å². The van der Waals surface area contributed by atoms with Crippen LogP contribution in [0.2, 0.25) is 5.02 Å². The molecule has 0 radical (unpaired) electrons. The minimum Gasteiger partial charge on any atom is -0.296 e. The SMILES string of the molecule is Cc1ccc(C2CCC(=O)NC2=O)c(Cl)c1F. The molecule has 5 heteroatoms. The van der Waals surface area contributed by atoms with Gasteiger partial charge in [0.15, 0.2) is 0 Å². The molecule has 1 unspecified atom stereocenters. The van der Waals surface area contributed by atoms with Crippen LogP contribution in [0.3, 0.4) is 0 Å². The van der Waals surface area contributed by atoms with Crippen LogP contribution >= 0.6 is 11.6 Å². The number of rotatable bonds is 1. The minimum atomic E-state index is -0.546. The van der Waals surface area contributed by atoms with Gasteiger partial charge in [0.25, 0.3) is 0 Å². The molecule has 0 aromatic heterocycles. The summed E-state index contributed by atoms with van der Waals surface area (Å²) in [5.74, 6) is -1.76. The molecule has 1 heterocycles. The first kappa shape index (κ1) is 12.0. The first-order valence-corrected chi connectivity index (χ1v) is 5.66. The number of carbonyl (C=O) groups excluding carboxylic acids is 2. The van der Waals surface area contributed by atoms with Gasteiger partial charge in [-0.15, -0.1) is 0 Å². The van der Waals surface area contributed by atoms with Crippen LogP contribution in [0, 0.1) is 12.7 Å². The van der Waals surface area contributed by atoms with Crippen molar-refractivity contribution < 1.29 is 14.0 Å². The van der Waals surface area contributed by atoms with Gasteiger partial charge in [-0.1, -0.05) is 23.7 Å². The van der Waals surface area contributed by atoms with E-state index in [2.05, 4.69) is 5.32 Å².